The molecule has 0 aliphatic carbocycles. The average molecular weight is 243 g/mol. The van der Waals surface area contributed by atoms with Gasteiger partial charge in [-0.3, -0.25) is 10.1 Å². The lowest BCUT2D eigenvalue weighted by molar-refractivity contribution is -0.387. The number of ether oxygens (including phenoxy) is 2. The van der Waals surface area contributed by atoms with Gasteiger partial charge in [-0.25, -0.2) is 0 Å². The zero-order valence-electron chi connectivity index (χ0n) is 9.68. The molecule has 0 aliphatic rings. The van der Waals surface area contributed by atoms with Crippen molar-refractivity contribution in [1.82, 2.24) is 0 Å². The molecular formula is C11H14FNO4. The van der Waals surface area contributed by atoms with Gasteiger partial charge in [0.2, 0.25) is 5.82 Å². The smallest absolute Gasteiger partial charge is 0.304 e. The number of hydrogen-bond donors (Lipinski definition) is 0. The van der Waals surface area contributed by atoms with Crippen LogP contribution >= 0.6 is 0 Å². The molecule has 0 N–H and O–H groups in total. The number of halogens is 1. The number of hydrogen-bond acceptors (Lipinski definition) is 4. The van der Waals surface area contributed by atoms with E-state index in [4.69, 9.17) is 9.47 Å². The van der Waals surface area contributed by atoms with E-state index in [0.717, 1.165) is 12.1 Å². The lowest BCUT2D eigenvalue weighted by atomic mass is 10.2. The molecule has 0 spiro atoms. The van der Waals surface area contributed by atoms with Gasteiger partial charge in [0.15, 0.2) is 6.29 Å². The lowest BCUT2D eigenvalue weighted by Gasteiger charge is -2.17. The highest BCUT2D eigenvalue weighted by Crippen LogP contribution is 2.24. The van der Waals surface area contributed by atoms with Crippen molar-refractivity contribution < 1.29 is 18.8 Å². The molecule has 6 heteroatoms. The number of nitrogens with zero attached hydrogens (tertiary/aromatic N) is 1. The molecule has 0 unspecified atom stereocenters. The zero-order valence-corrected chi connectivity index (χ0v) is 9.68. The van der Waals surface area contributed by atoms with Crippen LogP contribution < -0.4 is 0 Å². The van der Waals surface area contributed by atoms with Crippen molar-refractivity contribution in [2.45, 2.75) is 20.1 Å². The van der Waals surface area contributed by atoms with Gasteiger partial charge in [0.05, 0.1) is 4.92 Å². The summed E-state index contributed by atoms with van der Waals surface area (Å²) in [7, 11) is 0. The third-order valence-corrected chi connectivity index (χ3v) is 2.08. The lowest BCUT2D eigenvalue weighted by Crippen LogP contribution is -2.09. The Balaban J connectivity index is 2.97. The maximum absolute atomic E-state index is 13.4. The van der Waals surface area contributed by atoms with E-state index in [1.54, 1.807) is 13.8 Å². The number of rotatable bonds is 6. The van der Waals surface area contributed by atoms with Gasteiger partial charge < -0.3 is 9.47 Å². The molecule has 0 amide bonds. The Bertz CT molecular complexity index is 391. The summed E-state index contributed by atoms with van der Waals surface area (Å²) in [6, 6.07) is 3.60. The van der Waals surface area contributed by atoms with Crippen LogP contribution in [0.2, 0.25) is 0 Å². The minimum atomic E-state index is -0.892. The minimum Gasteiger partial charge on any atom is -0.349 e. The molecule has 0 saturated carbocycles. The summed E-state index contributed by atoms with van der Waals surface area (Å²) < 4.78 is 23.9. The molecule has 0 bridgehead atoms. The zero-order chi connectivity index (χ0) is 12.8. The molecule has 0 saturated heterocycles. The van der Waals surface area contributed by atoms with Gasteiger partial charge in [-0.2, -0.15) is 4.39 Å². The molecule has 0 aliphatic heterocycles. The Labute approximate surface area is 98.3 Å². The molecule has 1 rings (SSSR count). The molecule has 94 valence electrons. The molecule has 0 radical (unpaired) electrons. The first-order valence-electron chi connectivity index (χ1n) is 5.27. The fraction of sp³-hybridized carbons (Fsp3) is 0.455. The average Bonchev–Trinajstić information content (AvgIpc) is 2.28. The third-order valence-electron chi connectivity index (χ3n) is 2.08. The summed E-state index contributed by atoms with van der Waals surface area (Å²) in [4.78, 5) is 9.69. The fourth-order valence-corrected chi connectivity index (χ4v) is 1.36. The van der Waals surface area contributed by atoms with Crippen LogP contribution in [0.25, 0.3) is 0 Å². The third kappa shape index (κ3) is 3.47. The van der Waals surface area contributed by atoms with Crippen LogP contribution in [0, 0.1) is 15.9 Å². The molecule has 5 nitrogen and oxygen atoms in total. The Morgan fingerprint density at radius 3 is 2.35 bits per heavy atom. The van der Waals surface area contributed by atoms with E-state index in [1.807, 2.05) is 0 Å². The summed E-state index contributed by atoms with van der Waals surface area (Å²) >= 11 is 0. The molecule has 0 heterocycles. The van der Waals surface area contributed by atoms with Gasteiger partial charge in [0.25, 0.3) is 0 Å². The molecule has 1 aromatic carbocycles. The van der Waals surface area contributed by atoms with Crippen LogP contribution in [0.1, 0.15) is 25.7 Å². The van der Waals surface area contributed by atoms with E-state index in [1.165, 1.54) is 6.07 Å². The Hall–Kier alpha value is -1.53. The summed E-state index contributed by atoms with van der Waals surface area (Å²) in [6.45, 7) is 4.38. The second-order valence-corrected chi connectivity index (χ2v) is 3.21. The van der Waals surface area contributed by atoms with E-state index >= 15 is 0 Å². The Morgan fingerprint density at radius 1 is 1.35 bits per heavy atom. The second kappa shape index (κ2) is 6.27. The van der Waals surface area contributed by atoms with Crippen LogP contribution in [0.5, 0.6) is 0 Å². The van der Waals surface area contributed by atoms with Crippen molar-refractivity contribution in [3.63, 3.8) is 0 Å². The Morgan fingerprint density at radius 2 is 1.94 bits per heavy atom. The number of benzene rings is 1. The molecule has 0 atom stereocenters. The van der Waals surface area contributed by atoms with E-state index in [9.17, 15) is 14.5 Å². The van der Waals surface area contributed by atoms with E-state index in [2.05, 4.69) is 0 Å². The van der Waals surface area contributed by atoms with Crippen LogP contribution in [0.3, 0.4) is 0 Å². The predicted molar refractivity (Wildman–Crippen MR) is 59.0 cm³/mol. The fourth-order valence-electron chi connectivity index (χ4n) is 1.36. The minimum absolute atomic E-state index is 0.406. The van der Waals surface area contributed by atoms with Crippen LogP contribution in [-0.4, -0.2) is 18.1 Å². The maximum atomic E-state index is 13.4. The summed E-state index contributed by atoms with van der Waals surface area (Å²) in [5, 5.41) is 10.5. The van der Waals surface area contributed by atoms with Crippen molar-refractivity contribution in [1.29, 1.82) is 0 Å². The molecule has 0 fully saturated rings. The first-order chi connectivity index (χ1) is 8.10. The van der Waals surface area contributed by atoms with Crippen molar-refractivity contribution in [3.05, 3.63) is 39.7 Å². The van der Waals surface area contributed by atoms with Crippen molar-refractivity contribution in [2.75, 3.05) is 13.2 Å². The first-order valence-corrected chi connectivity index (χ1v) is 5.27. The van der Waals surface area contributed by atoms with Gasteiger partial charge in [0.1, 0.15) is 0 Å². The molecule has 1 aromatic rings. The SMILES string of the molecule is CCOC(OCC)c1ccc([N+](=O)[O-])c(F)c1. The van der Waals surface area contributed by atoms with Crippen LogP contribution in [-0.2, 0) is 9.47 Å². The predicted octanol–water partition coefficient (Wildman–Crippen LogP) is 2.81. The van der Waals surface area contributed by atoms with Crippen molar-refractivity contribution in [2.24, 2.45) is 0 Å². The Kier molecular flexibility index (Phi) is 4.99. The largest absolute Gasteiger partial charge is 0.349 e. The number of nitro groups is 1. The van der Waals surface area contributed by atoms with E-state index < -0.39 is 22.7 Å². The van der Waals surface area contributed by atoms with Gasteiger partial charge in [-0.05, 0) is 26.0 Å². The highest BCUT2D eigenvalue weighted by molar-refractivity contribution is 5.35. The van der Waals surface area contributed by atoms with Gasteiger partial charge in [-0.1, -0.05) is 0 Å². The summed E-state index contributed by atoms with van der Waals surface area (Å²) in [6.07, 6.45) is -0.694. The quantitative estimate of drug-likeness (QED) is 0.438. The normalized spacial score (nSPS) is 10.8. The number of nitro benzene ring substituents is 1. The van der Waals surface area contributed by atoms with Crippen LogP contribution in [0.4, 0.5) is 10.1 Å². The molecular weight excluding hydrogens is 229 g/mol. The molecule has 17 heavy (non-hydrogen) atoms. The standard InChI is InChI=1S/C11H14FNO4/c1-3-16-11(17-4-2)8-5-6-10(13(14)15)9(12)7-8/h5-7,11H,3-4H2,1-2H3. The van der Waals surface area contributed by atoms with E-state index in [-0.39, 0.29) is 0 Å². The molecule has 0 aromatic heterocycles. The van der Waals surface area contributed by atoms with Gasteiger partial charge in [-0.15, -0.1) is 0 Å². The van der Waals surface area contributed by atoms with Crippen LogP contribution in [0.15, 0.2) is 18.2 Å². The maximum Gasteiger partial charge on any atom is 0.304 e. The van der Waals surface area contributed by atoms with E-state index in [0.29, 0.717) is 18.8 Å². The highest BCUT2D eigenvalue weighted by atomic mass is 19.1. The topological polar surface area (TPSA) is 61.6 Å². The first kappa shape index (κ1) is 13.5. The highest BCUT2D eigenvalue weighted by Gasteiger charge is 2.18. The van der Waals surface area contributed by atoms with Crippen molar-refractivity contribution in [3.8, 4) is 0 Å². The van der Waals surface area contributed by atoms with Crippen molar-refractivity contribution >= 4 is 5.69 Å². The summed E-state index contributed by atoms with van der Waals surface area (Å²) in [5.74, 6) is -0.892. The second-order valence-electron chi connectivity index (χ2n) is 3.21. The summed E-state index contributed by atoms with van der Waals surface area (Å²) in [5.41, 5.74) is -0.128. The van der Waals surface area contributed by atoms with Gasteiger partial charge in [0, 0.05) is 24.8 Å². The monoisotopic (exact) mass is 243 g/mol. The van der Waals surface area contributed by atoms with Gasteiger partial charge >= 0.3 is 5.69 Å².